The number of anilines is 1. The number of amides is 2. The van der Waals surface area contributed by atoms with E-state index in [4.69, 9.17) is 9.47 Å². The van der Waals surface area contributed by atoms with Crippen LogP contribution in [0.1, 0.15) is 12.0 Å². The number of rotatable bonds is 6. The Morgan fingerprint density at radius 1 is 0.958 bits per heavy atom. The molecular formula is C18H18N2O4. The summed E-state index contributed by atoms with van der Waals surface area (Å²) in [6.07, 6.45) is 0.876. The van der Waals surface area contributed by atoms with E-state index in [1.807, 2.05) is 36.4 Å². The third kappa shape index (κ3) is 4.25. The van der Waals surface area contributed by atoms with Gasteiger partial charge in [-0.3, -0.25) is 9.59 Å². The van der Waals surface area contributed by atoms with Gasteiger partial charge in [0.25, 0.3) is 0 Å². The van der Waals surface area contributed by atoms with E-state index in [0.29, 0.717) is 24.3 Å². The first kappa shape index (κ1) is 15.9. The summed E-state index contributed by atoms with van der Waals surface area (Å²) < 4.78 is 10.6. The zero-order chi connectivity index (χ0) is 16.8. The minimum absolute atomic E-state index is 0.0468. The summed E-state index contributed by atoms with van der Waals surface area (Å²) in [7, 11) is 0. The van der Waals surface area contributed by atoms with Crippen LogP contribution in [0.4, 0.5) is 5.69 Å². The van der Waals surface area contributed by atoms with Crippen molar-refractivity contribution in [3.05, 3.63) is 54.1 Å². The molecule has 2 aromatic carbocycles. The lowest BCUT2D eigenvalue weighted by Crippen LogP contribution is -2.32. The van der Waals surface area contributed by atoms with E-state index >= 15 is 0 Å². The molecule has 0 saturated heterocycles. The molecule has 0 aromatic heterocycles. The molecule has 0 atom stereocenters. The molecule has 3 rings (SSSR count). The van der Waals surface area contributed by atoms with Crippen LogP contribution in [0.25, 0.3) is 0 Å². The predicted octanol–water partition coefficient (Wildman–Crippen LogP) is 2.10. The van der Waals surface area contributed by atoms with Crippen molar-refractivity contribution in [3.8, 4) is 11.5 Å². The summed E-state index contributed by atoms with van der Waals surface area (Å²) >= 11 is 0. The van der Waals surface area contributed by atoms with E-state index in [-0.39, 0.29) is 25.2 Å². The molecule has 0 spiro atoms. The average molecular weight is 326 g/mol. The SMILES string of the molecule is O=C(CCc1ccc2c(c1)OCO2)NCC(=O)Nc1ccccc1. The molecular weight excluding hydrogens is 308 g/mol. The first-order chi connectivity index (χ1) is 11.7. The summed E-state index contributed by atoms with van der Waals surface area (Å²) in [5, 5.41) is 5.33. The van der Waals surface area contributed by atoms with Crippen molar-refractivity contribution in [1.82, 2.24) is 5.32 Å². The number of aryl methyl sites for hydroxylation is 1. The Morgan fingerprint density at radius 3 is 2.58 bits per heavy atom. The molecule has 2 N–H and O–H groups in total. The summed E-state index contributed by atoms with van der Waals surface area (Å²) in [5.74, 6) is 1.00. The number of para-hydroxylation sites is 1. The fraction of sp³-hybridized carbons (Fsp3) is 0.222. The number of nitrogens with one attached hydrogen (secondary N) is 2. The van der Waals surface area contributed by atoms with Gasteiger partial charge in [-0.2, -0.15) is 0 Å². The van der Waals surface area contributed by atoms with E-state index in [1.165, 1.54) is 0 Å². The summed E-state index contributed by atoms with van der Waals surface area (Å²) in [5.41, 5.74) is 1.69. The van der Waals surface area contributed by atoms with E-state index in [2.05, 4.69) is 10.6 Å². The molecule has 6 nitrogen and oxygen atoms in total. The summed E-state index contributed by atoms with van der Waals surface area (Å²) in [6.45, 7) is 0.185. The van der Waals surface area contributed by atoms with Gasteiger partial charge in [0, 0.05) is 12.1 Å². The Hall–Kier alpha value is -3.02. The first-order valence-electron chi connectivity index (χ1n) is 7.71. The van der Waals surface area contributed by atoms with Gasteiger partial charge >= 0.3 is 0 Å². The van der Waals surface area contributed by atoms with Crippen molar-refractivity contribution in [1.29, 1.82) is 0 Å². The van der Waals surface area contributed by atoms with Gasteiger partial charge in [0.1, 0.15) is 0 Å². The van der Waals surface area contributed by atoms with Crippen molar-refractivity contribution in [2.45, 2.75) is 12.8 Å². The zero-order valence-corrected chi connectivity index (χ0v) is 13.1. The quantitative estimate of drug-likeness (QED) is 0.852. The van der Waals surface area contributed by atoms with Gasteiger partial charge in [-0.15, -0.1) is 0 Å². The van der Waals surface area contributed by atoms with Crippen LogP contribution < -0.4 is 20.1 Å². The van der Waals surface area contributed by atoms with Crippen molar-refractivity contribution < 1.29 is 19.1 Å². The second-order valence-electron chi connectivity index (χ2n) is 5.38. The molecule has 124 valence electrons. The monoisotopic (exact) mass is 326 g/mol. The van der Waals surface area contributed by atoms with Gasteiger partial charge in [0.15, 0.2) is 11.5 Å². The van der Waals surface area contributed by atoms with Crippen LogP contribution in [0.5, 0.6) is 11.5 Å². The first-order valence-corrected chi connectivity index (χ1v) is 7.71. The van der Waals surface area contributed by atoms with Crippen LogP contribution in [0.3, 0.4) is 0 Å². The third-order valence-corrected chi connectivity index (χ3v) is 3.58. The van der Waals surface area contributed by atoms with Crippen molar-refractivity contribution in [2.24, 2.45) is 0 Å². The van der Waals surface area contributed by atoms with Gasteiger partial charge in [-0.05, 0) is 36.2 Å². The highest BCUT2D eigenvalue weighted by molar-refractivity contribution is 5.94. The van der Waals surface area contributed by atoms with Crippen LogP contribution in [-0.4, -0.2) is 25.2 Å². The van der Waals surface area contributed by atoms with Gasteiger partial charge in [0.05, 0.1) is 6.54 Å². The number of carbonyl (C=O) groups excluding carboxylic acids is 2. The van der Waals surface area contributed by atoms with Crippen molar-refractivity contribution in [3.63, 3.8) is 0 Å². The smallest absolute Gasteiger partial charge is 0.243 e. The molecule has 0 saturated carbocycles. The fourth-order valence-corrected chi connectivity index (χ4v) is 2.35. The van der Waals surface area contributed by atoms with Crippen LogP contribution >= 0.6 is 0 Å². The molecule has 1 aliphatic heterocycles. The summed E-state index contributed by atoms with van der Waals surface area (Å²) in [4.78, 5) is 23.6. The van der Waals surface area contributed by atoms with E-state index in [1.54, 1.807) is 12.1 Å². The minimum Gasteiger partial charge on any atom is -0.454 e. The number of hydrogen-bond acceptors (Lipinski definition) is 4. The molecule has 0 fully saturated rings. The van der Waals surface area contributed by atoms with Gasteiger partial charge in [0.2, 0.25) is 18.6 Å². The van der Waals surface area contributed by atoms with Gasteiger partial charge < -0.3 is 20.1 Å². The Kier molecular flexibility index (Phi) is 4.96. The maximum atomic E-state index is 11.9. The number of fused-ring (bicyclic) bond motifs is 1. The lowest BCUT2D eigenvalue weighted by atomic mass is 10.1. The molecule has 0 radical (unpaired) electrons. The second-order valence-corrected chi connectivity index (χ2v) is 5.38. The van der Waals surface area contributed by atoms with E-state index in [0.717, 1.165) is 11.3 Å². The van der Waals surface area contributed by atoms with E-state index in [9.17, 15) is 9.59 Å². The lowest BCUT2D eigenvalue weighted by Gasteiger charge is -2.07. The molecule has 2 amide bonds. The van der Waals surface area contributed by atoms with Crippen LogP contribution in [0.2, 0.25) is 0 Å². The third-order valence-electron chi connectivity index (χ3n) is 3.58. The second kappa shape index (κ2) is 7.50. The molecule has 0 unspecified atom stereocenters. The largest absolute Gasteiger partial charge is 0.454 e. The van der Waals surface area contributed by atoms with Crippen molar-refractivity contribution in [2.75, 3.05) is 18.7 Å². The molecule has 0 bridgehead atoms. The number of hydrogen-bond donors (Lipinski definition) is 2. The van der Waals surface area contributed by atoms with Crippen LogP contribution in [-0.2, 0) is 16.0 Å². The highest BCUT2D eigenvalue weighted by Crippen LogP contribution is 2.32. The van der Waals surface area contributed by atoms with Crippen LogP contribution in [0.15, 0.2) is 48.5 Å². The Morgan fingerprint density at radius 2 is 1.75 bits per heavy atom. The molecule has 1 aliphatic rings. The maximum Gasteiger partial charge on any atom is 0.243 e. The van der Waals surface area contributed by atoms with Crippen LogP contribution in [0, 0.1) is 0 Å². The number of carbonyl (C=O) groups is 2. The molecule has 1 heterocycles. The standard InChI is InChI=1S/C18H18N2O4/c21-17(19-11-18(22)20-14-4-2-1-3-5-14)9-7-13-6-8-15-16(10-13)24-12-23-15/h1-6,8,10H,7,9,11-12H2,(H,19,21)(H,20,22). The molecule has 24 heavy (non-hydrogen) atoms. The van der Waals surface area contributed by atoms with Gasteiger partial charge in [-0.1, -0.05) is 24.3 Å². The summed E-state index contributed by atoms with van der Waals surface area (Å²) in [6, 6.07) is 14.7. The fourth-order valence-electron chi connectivity index (χ4n) is 2.35. The maximum absolute atomic E-state index is 11.9. The molecule has 0 aliphatic carbocycles. The average Bonchev–Trinajstić information content (AvgIpc) is 3.07. The van der Waals surface area contributed by atoms with Crippen molar-refractivity contribution >= 4 is 17.5 Å². The zero-order valence-electron chi connectivity index (χ0n) is 13.1. The Labute approximate surface area is 139 Å². The predicted molar refractivity (Wildman–Crippen MR) is 89.0 cm³/mol. The molecule has 2 aromatic rings. The highest BCUT2D eigenvalue weighted by Gasteiger charge is 2.13. The van der Waals surface area contributed by atoms with Gasteiger partial charge in [-0.25, -0.2) is 0 Å². The Bertz CT molecular complexity index is 731. The number of ether oxygens (including phenoxy) is 2. The lowest BCUT2D eigenvalue weighted by molar-refractivity contribution is -0.124. The Balaban J connectivity index is 1.40. The van der Waals surface area contributed by atoms with E-state index < -0.39 is 0 Å². The number of benzene rings is 2. The minimum atomic E-state index is -0.252. The topological polar surface area (TPSA) is 76.7 Å². The molecule has 6 heteroatoms. The normalized spacial score (nSPS) is 11.8. The highest BCUT2D eigenvalue weighted by atomic mass is 16.7.